The lowest BCUT2D eigenvalue weighted by Gasteiger charge is -2.16. The molecule has 8 heteroatoms. The van der Waals surface area contributed by atoms with Crippen LogP contribution < -0.4 is 20.9 Å². The Kier molecular flexibility index (Phi) is 7.44. The van der Waals surface area contributed by atoms with Gasteiger partial charge in [0.05, 0.1) is 29.5 Å². The van der Waals surface area contributed by atoms with E-state index in [-0.39, 0.29) is 24.1 Å². The second kappa shape index (κ2) is 10.9. The van der Waals surface area contributed by atoms with E-state index < -0.39 is 5.56 Å². The number of anilines is 2. The molecule has 0 aliphatic carbocycles. The van der Waals surface area contributed by atoms with Crippen molar-refractivity contribution in [2.75, 3.05) is 17.7 Å². The van der Waals surface area contributed by atoms with Gasteiger partial charge >= 0.3 is 0 Å². The third kappa shape index (κ3) is 5.12. The Bertz CT molecular complexity index is 1490. The van der Waals surface area contributed by atoms with Crippen LogP contribution in [-0.2, 0) is 22.6 Å². The van der Waals surface area contributed by atoms with E-state index in [1.807, 2.05) is 25.1 Å². The summed E-state index contributed by atoms with van der Waals surface area (Å²) >= 11 is 0. The predicted octanol–water partition coefficient (Wildman–Crippen LogP) is 4.62. The maximum Gasteiger partial charge on any atom is 0.278 e. The van der Waals surface area contributed by atoms with Crippen LogP contribution in [0, 0.1) is 0 Å². The number of hydrogen-bond donors (Lipinski definition) is 2. The van der Waals surface area contributed by atoms with Gasteiger partial charge in [-0.15, -0.1) is 0 Å². The van der Waals surface area contributed by atoms with Gasteiger partial charge in [0, 0.05) is 12.0 Å². The summed E-state index contributed by atoms with van der Waals surface area (Å²) in [5.74, 6) is -0.0327. The minimum absolute atomic E-state index is 0.167. The second-order valence-electron chi connectivity index (χ2n) is 8.22. The molecule has 36 heavy (non-hydrogen) atoms. The molecule has 4 aromatic rings. The molecule has 0 aliphatic heterocycles. The first-order valence-corrected chi connectivity index (χ1v) is 11.8. The summed E-state index contributed by atoms with van der Waals surface area (Å²) in [4.78, 5) is 43.7. The van der Waals surface area contributed by atoms with Crippen LogP contribution in [0.4, 0.5) is 11.4 Å². The van der Waals surface area contributed by atoms with E-state index >= 15 is 0 Å². The first-order chi connectivity index (χ1) is 17.4. The van der Waals surface area contributed by atoms with Crippen molar-refractivity contribution in [3.05, 3.63) is 82.6 Å². The van der Waals surface area contributed by atoms with Crippen LogP contribution in [0.25, 0.3) is 22.3 Å². The zero-order valence-corrected chi connectivity index (χ0v) is 20.5. The van der Waals surface area contributed by atoms with Crippen LogP contribution in [0.3, 0.4) is 0 Å². The van der Waals surface area contributed by atoms with E-state index in [2.05, 4.69) is 15.6 Å². The van der Waals surface area contributed by atoms with Crippen LogP contribution in [0.2, 0.25) is 0 Å². The van der Waals surface area contributed by atoms with Crippen molar-refractivity contribution in [3.63, 3.8) is 0 Å². The Morgan fingerprint density at radius 1 is 0.917 bits per heavy atom. The average Bonchev–Trinajstić information content (AvgIpc) is 2.90. The van der Waals surface area contributed by atoms with Gasteiger partial charge in [-0.05, 0) is 48.4 Å². The van der Waals surface area contributed by atoms with Gasteiger partial charge in [0.15, 0.2) is 0 Å². The molecule has 0 atom stereocenters. The summed E-state index contributed by atoms with van der Waals surface area (Å²) in [6.45, 7) is 3.55. The van der Waals surface area contributed by atoms with Gasteiger partial charge < -0.3 is 15.4 Å². The Morgan fingerprint density at radius 2 is 1.64 bits per heavy atom. The minimum Gasteiger partial charge on any atom is -0.495 e. The average molecular weight is 485 g/mol. The number of para-hydroxylation sites is 4. The maximum absolute atomic E-state index is 13.8. The Hall–Kier alpha value is -4.46. The first-order valence-electron chi connectivity index (χ1n) is 11.8. The van der Waals surface area contributed by atoms with Crippen LogP contribution in [-0.4, -0.2) is 28.5 Å². The molecule has 0 fully saturated rings. The molecule has 0 saturated heterocycles. The summed E-state index contributed by atoms with van der Waals surface area (Å²) in [5.41, 5.74) is 3.37. The highest BCUT2D eigenvalue weighted by Crippen LogP contribution is 2.28. The monoisotopic (exact) mass is 484 g/mol. The lowest BCUT2D eigenvalue weighted by atomic mass is 10.0. The lowest BCUT2D eigenvalue weighted by Crippen LogP contribution is -2.30. The minimum atomic E-state index is -0.427. The van der Waals surface area contributed by atoms with Crippen molar-refractivity contribution >= 4 is 34.2 Å². The summed E-state index contributed by atoms with van der Waals surface area (Å²) < 4.78 is 6.72. The van der Waals surface area contributed by atoms with Crippen LogP contribution in [0.15, 0.2) is 71.5 Å². The topological polar surface area (TPSA) is 102 Å². The molecule has 8 nitrogen and oxygen atoms in total. The largest absolute Gasteiger partial charge is 0.495 e. The van der Waals surface area contributed by atoms with Crippen LogP contribution >= 0.6 is 0 Å². The number of fused-ring (bicyclic) bond motifs is 1. The summed E-state index contributed by atoms with van der Waals surface area (Å²) in [6, 6.07) is 19.8. The lowest BCUT2D eigenvalue weighted by molar-refractivity contribution is -0.117. The summed E-state index contributed by atoms with van der Waals surface area (Å²) in [5, 5.41) is 5.69. The smallest absolute Gasteiger partial charge is 0.278 e. The highest BCUT2D eigenvalue weighted by Gasteiger charge is 2.19. The molecule has 4 rings (SSSR count). The zero-order valence-electron chi connectivity index (χ0n) is 20.5. The number of amides is 2. The van der Waals surface area contributed by atoms with Gasteiger partial charge in [0.2, 0.25) is 11.8 Å². The number of nitrogens with zero attached hydrogens (tertiary/aromatic N) is 2. The number of aryl methyl sites for hydroxylation is 1. The number of ether oxygens (including phenoxy) is 1. The van der Waals surface area contributed by atoms with E-state index in [1.165, 1.54) is 11.7 Å². The van der Waals surface area contributed by atoms with Crippen molar-refractivity contribution < 1.29 is 14.3 Å². The van der Waals surface area contributed by atoms with E-state index in [9.17, 15) is 14.4 Å². The number of hydrogen-bond acceptors (Lipinski definition) is 5. The third-order valence-electron chi connectivity index (χ3n) is 5.88. The number of rotatable bonds is 8. The van der Waals surface area contributed by atoms with E-state index in [4.69, 9.17) is 4.74 Å². The normalized spacial score (nSPS) is 10.8. The van der Waals surface area contributed by atoms with Gasteiger partial charge in [-0.25, -0.2) is 4.98 Å². The highest BCUT2D eigenvalue weighted by atomic mass is 16.5. The Morgan fingerprint density at radius 3 is 2.39 bits per heavy atom. The van der Waals surface area contributed by atoms with Gasteiger partial charge in [0.25, 0.3) is 5.56 Å². The fourth-order valence-corrected chi connectivity index (χ4v) is 3.96. The molecule has 0 unspecified atom stereocenters. The molecular formula is C28H28N4O4. The van der Waals surface area contributed by atoms with Crippen LogP contribution in [0.5, 0.6) is 5.75 Å². The maximum atomic E-state index is 13.8. The molecule has 2 N–H and O–H groups in total. The predicted molar refractivity (Wildman–Crippen MR) is 141 cm³/mol. The molecule has 1 heterocycles. The van der Waals surface area contributed by atoms with E-state index in [0.717, 1.165) is 12.0 Å². The molecule has 2 amide bonds. The molecule has 0 bridgehead atoms. The summed E-state index contributed by atoms with van der Waals surface area (Å²) in [6.07, 6.45) is 1.05. The number of carbonyl (C=O) groups excluding carboxylic acids is 2. The number of carbonyl (C=O) groups is 2. The van der Waals surface area contributed by atoms with Gasteiger partial charge in [-0.1, -0.05) is 44.2 Å². The third-order valence-corrected chi connectivity index (χ3v) is 5.88. The van der Waals surface area contributed by atoms with Gasteiger partial charge in [0.1, 0.15) is 18.0 Å². The molecule has 3 aromatic carbocycles. The molecule has 0 spiro atoms. The quantitative estimate of drug-likeness (QED) is 0.380. The summed E-state index contributed by atoms with van der Waals surface area (Å²) in [7, 11) is 1.53. The highest BCUT2D eigenvalue weighted by molar-refractivity contribution is 5.96. The van der Waals surface area contributed by atoms with Crippen molar-refractivity contribution in [1.82, 2.24) is 9.55 Å². The Labute approximate surface area is 208 Å². The first kappa shape index (κ1) is 24.7. The molecule has 0 saturated carbocycles. The van der Waals surface area contributed by atoms with Crippen LogP contribution in [0.1, 0.15) is 25.8 Å². The number of methoxy groups -OCH3 is 1. The second-order valence-corrected chi connectivity index (χ2v) is 8.22. The number of nitrogens with one attached hydrogen (secondary N) is 2. The SMILES string of the molecule is CCC(=O)Nc1ccc(CC)cc1-c1nc2ccccc2n(CC(=O)Nc2ccccc2OC)c1=O. The van der Waals surface area contributed by atoms with Crippen molar-refractivity contribution in [2.24, 2.45) is 0 Å². The van der Waals surface area contributed by atoms with Crippen molar-refractivity contribution in [3.8, 4) is 17.0 Å². The van der Waals surface area contributed by atoms with E-state index in [0.29, 0.717) is 40.1 Å². The van der Waals surface area contributed by atoms with Gasteiger partial charge in [-0.3, -0.25) is 19.0 Å². The standard InChI is InChI=1S/C28H28N4O4/c1-4-18-14-15-20(29-25(33)5-2)19(16-18)27-28(35)32(23-12-8-6-10-21(23)31-27)17-26(34)30-22-11-7-9-13-24(22)36-3/h6-16H,4-5,17H2,1-3H3,(H,29,33)(H,30,34). The molecule has 0 aliphatic rings. The molecule has 1 aromatic heterocycles. The van der Waals surface area contributed by atoms with Gasteiger partial charge in [-0.2, -0.15) is 0 Å². The Balaban J connectivity index is 1.83. The zero-order chi connectivity index (χ0) is 25.7. The number of aromatic nitrogens is 2. The van der Waals surface area contributed by atoms with Crippen molar-refractivity contribution in [1.29, 1.82) is 0 Å². The van der Waals surface area contributed by atoms with E-state index in [1.54, 1.807) is 55.5 Å². The fraction of sp³-hybridized carbons (Fsp3) is 0.214. The molecule has 0 radical (unpaired) electrons. The van der Waals surface area contributed by atoms with Crippen molar-refractivity contribution in [2.45, 2.75) is 33.2 Å². The fourth-order valence-electron chi connectivity index (χ4n) is 3.96. The molecule has 184 valence electrons. The number of benzene rings is 3. The molecular weight excluding hydrogens is 456 g/mol.